The van der Waals surface area contributed by atoms with Crippen molar-refractivity contribution in [1.29, 1.82) is 0 Å². The summed E-state index contributed by atoms with van der Waals surface area (Å²) in [5, 5.41) is 0. The summed E-state index contributed by atoms with van der Waals surface area (Å²) in [6.45, 7) is 0. The van der Waals surface area contributed by atoms with E-state index in [1.165, 1.54) is 25.7 Å². The Morgan fingerprint density at radius 1 is 1.17 bits per heavy atom. The zero-order valence-corrected chi connectivity index (χ0v) is 9.89. The van der Waals surface area contributed by atoms with Gasteiger partial charge in [0, 0.05) is 0 Å². The molecule has 0 saturated carbocycles. The summed E-state index contributed by atoms with van der Waals surface area (Å²) in [6, 6.07) is 0. The van der Waals surface area contributed by atoms with Gasteiger partial charge in [-0.2, -0.15) is 0 Å². The van der Waals surface area contributed by atoms with Crippen molar-refractivity contribution in [3.8, 4) is 0 Å². The van der Waals surface area contributed by atoms with E-state index in [4.69, 9.17) is 0 Å². The molecular formula is C9H11Cl2Ti. The van der Waals surface area contributed by atoms with Gasteiger partial charge in [0.25, 0.3) is 0 Å². The monoisotopic (exact) mass is 237 g/mol. The zero-order chi connectivity index (χ0) is 6.97. The standard InChI is InChI=1S/C9H11.2ClH.Ti/c1-2-5-9-7-3-6-8(9)4-1;;;/h3,6-7H,1-2,4-5H2;2*1H;/q;;;+2/p-2. The molecule has 0 amide bonds. The molecule has 0 saturated heterocycles. The molecule has 0 aromatic carbocycles. The molecule has 3 heteroatoms. The van der Waals surface area contributed by atoms with Crippen LogP contribution in [0.15, 0.2) is 23.3 Å². The molecule has 2 aliphatic carbocycles. The quantitative estimate of drug-likeness (QED) is 0.389. The number of hydrogen-bond acceptors (Lipinski definition) is 0. The van der Waals surface area contributed by atoms with E-state index >= 15 is 0 Å². The van der Waals surface area contributed by atoms with Gasteiger partial charge < -0.3 is 24.8 Å². The molecule has 0 fully saturated rings. The van der Waals surface area contributed by atoms with E-state index < -0.39 is 0 Å². The summed E-state index contributed by atoms with van der Waals surface area (Å²) in [5.41, 5.74) is 3.38. The zero-order valence-electron chi connectivity index (χ0n) is 6.82. The van der Waals surface area contributed by atoms with Crippen LogP contribution in [0.1, 0.15) is 25.7 Å². The molecule has 0 N–H and O–H groups in total. The van der Waals surface area contributed by atoms with Crippen LogP contribution in [-0.4, -0.2) is 0 Å². The van der Waals surface area contributed by atoms with Gasteiger partial charge in [-0.25, -0.2) is 0 Å². The average Bonchev–Trinajstić information content (AvgIpc) is 2.34. The number of rotatable bonds is 0. The Kier molecular flexibility index (Phi) is 5.85. The second-order valence-corrected chi connectivity index (χ2v) is 4.07. The van der Waals surface area contributed by atoms with E-state index in [0.29, 0.717) is 0 Å². The third-order valence-corrected chi connectivity index (χ3v) is 3.26. The van der Waals surface area contributed by atoms with Gasteiger partial charge >= 0.3 is 73.6 Å². The van der Waals surface area contributed by atoms with E-state index in [1.807, 2.05) is 0 Å². The van der Waals surface area contributed by atoms with Crippen LogP contribution in [-0.2, 0) is 20.4 Å². The van der Waals surface area contributed by atoms with Crippen molar-refractivity contribution in [2.45, 2.75) is 29.9 Å². The van der Waals surface area contributed by atoms with Crippen LogP contribution >= 0.6 is 0 Å². The van der Waals surface area contributed by atoms with Crippen molar-refractivity contribution < 1.29 is 45.2 Å². The normalized spacial score (nSPS) is 26.0. The minimum absolute atomic E-state index is 0. The Balaban J connectivity index is 0.000000605. The average molecular weight is 238 g/mol. The van der Waals surface area contributed by atoms with Crippen LogP contribution < -0.4 is 24.8 Å². The summed E-state index contributed by atoms with van der Waals surface area (Å²) in [6.07, 6.45) is 10.2. The van der Waals surface area contributed by atoms with Gasteiger partial charge in [0.05, 0.1) is 0 Å². The molecule has 1 unspecified atom stereocenters. The Morgan fingerprint density at radius 3 is 2.50 bits per heavy atom. The summed E-state index contributed by atoms with van der Waals surface area (Å²) in [5.74, 6) is 0. The van der Waals surface area contributed by atoms with Crippen molar-refractivity contribution in [3.63, 3.8) is 0 Å². The van der Waals surface area contributed by atoms with Gasteiger partial charge in [0.1, 0.15) is 0 Å². The predicted octanol–water partition coefficient (Wildman–Crippen LogP) is -3.23. The molecule has 0 radical (unpaired) electrons. The molecular weight excluding hydrogens is 227 g/mol. The molecule has 2 rings (SSSR count). The third kappa shape index (κ3) is 2.39. The third-order valence-electron chi connectivity index (χ3n) is 2.42. The van der Waals surface area contributed by atoms with Gasteiger partial charge in [-0.15, -0.1) is 0 Å². The Labute approximate surface area is 98.1 Å². The Bertz CT molecular complexity index is 209. The molecule has 0 aromatic rings. The fraction of sp³-hybridized carbons (Fsp3) is 0.556. The Hall–Kier alpha value is 0.774. The molecule has 0 bridgehead atoms. The van der Waals surface area contributed by atoms with Crippen LogP contribution in [0, 0.1) is 0 Å². The fourth-order valence-electron chi connectivity index (χ4n) is 1.83. The topological polar surface area (TPSA) is 0 Å². The summed E-state index contributed by atoms with van der Waals surface area (Å²) < 4.78 is 0.760. The van der Waals surface area contributed by atoms with Crippen LogP contribution in [0.25, 0.3) is 0 Å². The van der Waals surface area contributed by atoms with Crippen LogP contribution in [0.5, 0.6) is 0 Å². The summed E-state index contributed by atoms with van der Waals surface area (Å²) >= 11 is 2.31. The first kappa shape index (κ1) is 12.8. The molecule has 0 aliphatic heterocycles. The fourth-order valence-corrected chi connectivity index (χ4v) is 2.49. The first-order chi connectivity index (χ1) is 4.88. The second-order valence-electron chi connectivity index (χ2n) is 3.09. The van der Waals surface area contributed by atoms with E-state index in [0.717, 1.165) is 4.22 Å². The molecule has 65 valence electrons. The van der Waals surface area contributed by atoms with Crippen molar-refractivity contribution in [2.75, 3.05) is 0 Å². The van der Waals surface area contributed by atoms with Crippen LogP contribution in [0.2, 0.25) is 4.22 Å². The minimum atomic E-state index is 0. The number of halogens is 2. The number of allylic oxidation sites excluding steroid dienone is 4. The first-order valence-electron chi connectivity index (χ1n) is 3.99. The molecule has 0 aromatic heterocycles. The van der Waals surface area contributed by atoms with Gasteiger partial charge in [-0.05, 0) is 0 Å². The molecule has 2 aliphatic rings. The molecule has 0 heterocycles. The van der Waals surface area contributed by atoms with Gasteiger partial charge in [-0.1, -0.05) is 0 Å². The maximum absolute atomic E-state index is 2.34. The first-order valence-corrected chi connectivity index (χ1v) is 4.89. The number of hydrogen-bond donors (Lipinski definition) is 0. The molecule has 0 nitrogen and oxygen atoms in total. The van der Waals surface area contributed by atoms with E-state index in [-0.39, 0.29) is 24.8 Å². The Morgan fingerprint density at radius 2 is 1.83 bits per heavy atom. The van der Waals surface area contributed by atoms with Crippen molar-refractivity contribution in [2.24, 2.45) is 0 Å². The molecule has 0 spiro atoms. The van der Waals surface area contributed by atoms with Gasteiger partial charge in [-0.3, -0.25) is 0 Å². The summed E-state index contributed by atoms with van der Waals surface area (Å²) in [4.78, 5) is 0. The van der Waals surface area contributed by atoms with Crippen molar-refractivity contribution >= 4 is 0 Å². The maximum atomic E-state index is 2.34. The van der Waals surface area contributed by atoms with E-state index in [1.54, 1.807) is 11.1 Å². The van der Waals surface area contributed by atoms with E-state index in [2.05, 4.69) is 32.6 Å². The van der Waals surface area contributed by atoms with Gasteiger partial charge in [0.15, 0.2) is 0 Å². The molecule has 1 atom stereocenters. The van der Waals surface area contributed by atoms with Crippen molar-refractivity contribution in [3.05, 3.63) is 23.3 Å². The molecule has 12 heavy (non-hydrogen) atoms. The van der Waals surface area contributed by atoms with Gasteiger partial charge in [0.2, 0.25) is 0 Å². The van der Waals surface area contributed by atoms with Crippen molar-refractivity contribution in [1.82, 2.24) is 0 Å². The second kappa shape index (κ2) is 5.49. The summed E-state index contributed by atoms with van der Waals surface area (Å²) in [7, 11) is 0. The van der Waals surface area contributed by atoms with Crippen LogP contribution in [0.4, 0.5) is 0 Å². The predicted molar refractivity (Wildman–Crippen MR) is 38.4 cm³/mol. The van der Waals surface area contributed by atoms with E-state index in [9.17, 15) is 0 Å². The van der Waals surface area contributed by atoms with Crippen LogP contribution in [0.3, 0.4) is 0 Å². The SMILES string of the molecule is [Cl-].[Cl-].[Ti+2][CH]1C=CC2=C1CCCC2.